The van der Waals surface area contributed by atoms with Crippen molar-refractivity contribution in [1.29, 1.82) is 0 Å². The summed E-state index contributed by atoms with van der Waals surface area (Å²) >= 11 is 0. The van der Waals surface area contributed by atoms with Gasteiger partial charge in [-0.05, 0) is 54.3 Å². The van der Waals surface area contributed by atoms with Gasteiger partial charge in [0.2, 0.25) is 11.8 Å². The smallest absolute Gasteiger partial charge is 0.247 e. The summed E-state index contributed by atoms with van der Waals surface area (Å²) in [5, 5.41) is 11.3. The Morgan fingerprint density at radius 2 is 1.88 bits per heavy atom. The van der Waals surface area contributed by atoms with E-state index in [1.165, 1.54) is 4.90 Å². The lowest BCUT2D eigenvalue weighted by molar-refractivity contribution is -0.142. The van der Waals surface area contributed by atoms with Crippen LogP contribution < -0.4 is 5.32 Å². The molecule has 4 aromatic rings. The van der Waals surface area contributed by atoms with Crippen molar-refractivity contribution < 1.29 is 14.0 Å². The van der Waals surface area contributed by atoms with Crippen molar-refractivity contribution in [3.05, 3.63) is 78.5 Å². The molecule has 0 radical (unpaired) electrons. The Bertz CT molecular complexity index is 1220. The number of aromatic nitrogens is 4. The van der Waals surface area contributed by atoms with Crippen LogP contribution in [0.5, 0.6) is 0 Å². The Balaban J connectivity index is 1.66. The number of fused-ring (bicyclic) bond motifs is 1. The number of amides is 2. The largest absolute Gasteiger partial charge is 0.467 e. The van der Waals surface area contributed by atoms with Crippen LogP contribution in [0.4, 0.5) is 0 Å². The topological polar surface area (TPSA) is 106 Å². The van der Waals surface area contributed by atoms with Crippen LogP contribution in [0.2, 0.25) is 0 Å². The third-order valence-electron chi connectivity index (χ3n) is 5.53. The van der Waals surface area contributed by atoms with Crippen molar-refractivity contribution in [2.45, 2.75) is 39.4 Å². The highest BCUT2D eigenvalue weighted by Crippen LogP contribution is 2.24. The van der Waals surface area contributed by atoms with Crippen LogP contribution in [0.25, 0.3) is 11.0 Å². The van der Waals surface area contributed by atoms with Gasteiger partial charge in [-0.2, -0.15) is 0 Å². The summed E-state index contributed by atoms with van der Waals surface area (Å²) in [5.41, 5.74) is 2.11. The van der Waals surface area contributed by atoms with Crippen LogP contribution >= 0.6 is 0 Å². The average molecular weight is 461 g/mol. The molecule has 9 heteroatoms. The molecule has 4 rings (SSSR count). The lowest BCUT2D eigenvalue weighted by Gasteiger charge is -2.31. The van der Waals surface area contributed by atoms with Gasteiger partial charge in [0.05, 0.1) is 18.3 Å². The van der Waals surface area contributed by atoms with Crippen LogP contribution in [-0.4, -0.2) is 43.2 Å². The minimum Gasteiger partial charge on any atom is -0.467 e. The molecule has 0 bridgehead atoms. The molecular formula is C25H28N6O3. The van der Waals surface area contributed by atoms with Gasteiger partial charge in [0.15, 0.2) is 0 Å². The van der Waals surface area contributed by atoms with Crippen LogP contribution in [0.1, 0.15) is 37.6 Å². The zero-order chi connectivity index (χ0) is 23.9. The fourth-order valence-electron chi connectivity index (χ4n) is 3.75. The van der Waals surface area contributed by atoms with Crippen LogP contribution in [-0.2, 0) is 22.7 Å². The summed E-state index contributed by atoms with van der Waals surface area (Å²) in [5.74, 6) is 0.482. The van der Waals surface area contributed by atoms with Crippen molar-refractivity contribution in [2.24, 2.45) is 5.92 Å². The van der Waals surface area contributed by atoms with E-state index in [0.717, 1.165) is 11.9 Å². The zero-order valence-electron chi connectivity index (χ0n) is 19.3. The SMILES string of the molecule is CC(C)CCNC(=O)C(c1ccncc1)N(Cc1ccco1)C(=O)Cn1nnc2ccccc21. The number of rotatable bonds is 10. The molecule has 34 heavy (non-hydrogen) atoms. The standard InChI is InChI=1S/C25H28N6O3/c1-18(2)9-14-27-25(33)24(19-10-12-26-13-11-19)30(16-20-6-5-15-34-20)23(32)17-31-22-8-4-3-7-21(22)28-29-31/h3-8,10-13,15,18,24H,9,14,16-17H2,1-2H3,(H,27,33). The number of para-hydroxylation sites is 1. The summed E-state index contributed by atoms with van der Waals surface area (Å²) in [7, 11) is 0. The molecule has 0 fully saturated rings. The van der Waals surface area contributed by atoms with Crippen molar-refractivity contribution in [3.8, 4) is 0 Å². The molecular weight excluding hydrogens is 432 g/mol. The van der Waals surface area contributed by atoms with Crippen molar-refractivity contribution in [3.63, 3.8) is 0 Å². The van der Waals surface area contributed by atoms with E-state index in [4.69, 9.17) is 4.42 Å². The highest BCUT2D eigenvalue weighted by molar-refractivity contribution is 5.89. The quantitative estimate of drug-likeness (QED) is 0.389. The molecule has 0 aliphatic rings. The van der Waals surface area contributed by atoms with E-state index in [0.29, 0.717) is 29.3 Å². The normalized spacial score (nSPS) is 12.1. The Kier molecular flexibility index (Phi) is 7.31. The molecule has 0 aliphatic carbocycles. The lowest BCUT2D eigenvalue weighted by Crippen LogP contribution is -2.45. The van der Waals surface area contributed by atoms with Crippen LogP contribution in [0.15, 0.2) is 71.6 Å². The highest BCUT2D eigenvalue weighted by Gasteiger charge is 2.32. The van der Waals surface area contributed by atoms with Gasteiger partial charge < -0.3 is 14.6 Å². The number of nitrogens with zero attached hydrogens (tertiary/aromatic N) is 5. The minimum absolute atomic E-state index is 0.0674. The minimum atomic E-state index is -0.859. The van der Waals surface area contributed by atoms with Crippen LogP contribution in [0.3, 0.4) is 0 Å². The number of carbonyl (C=O) groups is 2. The van der Waals surface area contributed by atoms with Gasteiger partial charge in [-0.1, -0.05) is 31.2 Å². The van der Waals surface area contributed by atoms with Gasteiger partial charge in [-0.15, -0.1) is 5.10 Å². The number of pyridine rings is 1. The maximum atomic E-state index is 13.7. The maximum absolute atomic E-state index is 13.7. The first kappa shape index (κ1) is 23.2. The van der Waals surface area contributed by atoms with Crippen molar-refractivity contribution in [1.82, 2.24) is 30.2 Å². The van der Waals surface area contributed by atoms with Gasteiger partial charge in [0.1, 0.15) is 23.9 Å². The molecule has 1 N–H and O–H groups in total. The van der Waals surface area contributed by atoms with E-state index in [1.807, 2.05) is 24.3 Å². The Morgan fingerprint density at radius 1 is 1.09 bits per heavy atom. The van der Waals surface area contributed by atoms with Crippen molar-refractivity contribution >= 4 is 22.8 Å². The molecule has 1 unspecified atom stereocenters. The maximum Gasteiger partial charge on any atom is 0.247 e. The highest BCUT2D eigenvalue weighted by atomic mass is 16.3. The first-order valence-electron chi connectivity index (χ1n) is 11.3. The molecule has 176 valence electrons. The lowest BCUT2D eigenvalue weighted by atomic mass is 10.0. The Morgan fingerprint density at radius 3 is 2.62 bits per heavy atom. The average Bonchev–Trinajstić information content (AvgIpc) is 3.49. The predicted molar refractivity (Wildman–Crippen MR) is 126 cm³/mol. The first-order valence-corrected chi connectivity index (χ1v) is 11.3. The van der Waals surface area contributed by atoms with E-state index >= 15 is 0 Å². The summed E-state index contributed by atoms with van der Waals surface area (Å²) in [6.07, 6.45) is 5.62. The Labute approximate surface area is 197 Å². The summed E-state index contributed by atoms with van der Waals surface area (Å²) in [6, 6.07) is 13.6. The van der Waals surface area contributed by atoms with Gasteiger partial charge in [0.25, 0.3) is 0 Å². The van der Waals surface area contributed by atoms with Gasteiger partial charge in [0, 0.05) is 18.9 Å². The summed E-state index contributed by atoms with van der Waals surface area (Å²) in [4.78, 5) is 32.7. The second-order valence-electron chi connectivity index (χ2n) is 8.49. The number of benzene rings is 1. The monoisotopic (exact) mass is 460 g/mol. The predicted octanol–water partition coefficient (Wildman–Crippen LogP) is 3.35. The van der Waals surface area contributed by atoms with Gasteiger partial charge in [-0.3, -0.25) is 14.6 Å². The fraction of sp³-hybridized carbons (Fsp3) is 0.320. The van der Waals surface area contributed by atoms with E-state index in [9.17, 15) is 9.59 Å². The molecule has 0 saturated heterocycles. The third kappa shape index (κ3) is 5.48. The number of hydrogen-bond acceptors (Lipinski definition) is 6. The molecule has 9 nitrogen and oxygen atoms in total. The Hall–Kier alpha value is -4.01. The molecule has 3 heterocycles. The molecule has 0 saturated carbocycles. The molecule has 3 aromatic heterocycles. The number of hydrogen-bond donors (Lipinski definition) is 1. The number of carbonyl (C=O) groups excluding carboxylic acids is 2. The molecule has 2 amide bonds. The van der Waals surface area contributed by atoms with Crippen LogP contribution in [0, 0.1) is 5.92 Å². The molecule has 0 aliphatic heterocycles. The van der Waals surface area contributed by atoms with E-state index in [-0.39, 0.29) is 24.9 Å². The summed E-state index contributed by atoms with van der Waals surface area (Å²) < 4.78 is 7.07. The second kappa shape index (κ2) is 10.7. The van der Waals surface area contributed by atoms with Crippen molar-refractivity contribution in [2.75, 3.05) is 6.54 Å². The fourth-order valence-corrected chi connectivity index (χ4v) is 3.75. The zero-order valence-corrected chi connectivity index (χ0v) is 19.3. The second-order valence-corrected chi connectivity index (χ2v) is 8.49. The summed E-state index contributed by atoms with van der Waals surface area (Å²) in [6.45, 7) is 4.78. The molecule has 0 spiro atoms. The van der Waals surface area contributed by atoms with E-state index in [1.54, 1.807) is 47.6 Å². The van der Waals surface area contributed by atoms with E-state index in [2.05, 4.69) is 34.5 Å². The first-order chi connectivity index (χ1) is 16.5. The van der Waals surface area contributed by atoms with Gasteiger partial charge >= 0.3 is 0 Å². The molecule has 1 atom stereocenters. The van der Waals surface area contributed by atoms with E-state index < -0.39 is 6.04 Å². The number of nitrogens with one attached hydrogen (secondary N) is 1. The third-order valence-corrected chi connectivity index (χ3v) is 5.53. The van der Waals surface area contributed by atoms with Gasteiger partial charge in [-0.25, -0.2) is 4.68 Å². The molecule has 1 aromatic carbocycles. The number of furan rings is 1.